The van der Waals surface area contributed by atoms with Crippen LogP contribution in [0, 0.1) is 19.7 Å². The molecule has 0 aliphatic heterocycles. The molecule has 0 amide bonds. The fourth-order valence-corrected chi connectivity index (χ4v) is 2.87. The summed E-state index contributed by atoms with van der Waals surface area (Å²) >= 11 is 1.60. The van der Waals surface area contributed by atoms with E-state index in [2.05, 4.69) is 10.3 Å². The topological polar surface area (TPSA) is 29.3 Å². The maximum absolute atomic E-state index is 13.8. The number of imidazole rings is 1. The SMILES string of the molecule is Cc1ccc(NCc2c(C)nc3sccn23)c(F)c1. The number of rotatable bonds is 3. The number of fused-ring (bicyclic) bond motifs is 1. The lowest BCUT2D eigenvalue weighted by molar-refractivity contribution is 0.628. The maximum Gasteiger partial charge on any atom is 0.194 e. The van der Waals surface area contributed by atoms with E-state index in [1.165, 1.54) is 6.07 Å². The Morgan fingerprint density at radius 1 is 1.37 bits per heavy atom. The fraction of sp³-hybridized carbons (Fsp3) is 0.214. The van der Waals surface area contributed by atoms with E-state index < -0.39 is 0 Å². The number of aryl methyl sites for hydroxylation is 2. The lowest BCUT2D eigenvalue weighted by Crippen LogP contribution is -2.05. The van der Waals surface area contributed by atoms with Gasteiger partial charge in [0.05, 0.1) is 23.6 Å². The van der Waals surface area contributed by atoms with Crippen LogP contribution in [0.3, 0.4) is 0 Å². The van der Waals surface area contributed by atoms with Gasteiger partial charge in [-0.25, -0.2) is 9.37 Å². The van der Waals surface area contributed by atoms with Gasteiger partial charge in [0, 0.05) is 11.6 Å². The highest BCUT2D eigenvalue weighted by molar-refractivity contribution is 7.15. The van der Waals surface area contributed by atoms with Crippen molar-refractivity contribution in [1.82, 2.24) is 9.38 Å². The lowest BCUT2D eigenvalue weighted by atomic mass is 10.2. The summed E-state index contributed by atoms with van der Waals surface area (Å²) in [5.41, 5.74) is 3.49. The Bertz CT molecular complexity index is 729. The van der Waals surface area contributed by atoms with Crippen molar-refractivity contribution in [3.63, 3.8) is 0 Å². The van der Waals surface area contributed by atoms with E-state index in [-0.39, 0.29) is 5.82 Å². The van der Waals surface area contributed by atoms with E-state index >= 15 is 0 Å². The standard InChI is InChI=1S/C14H14FN3S/c1-9-3-4-12(11(15)7-9)16-8-13-10(2)17-14-18(13)5-6-19-14/h3-7,16H,8H2,1-2H3. The Morgan fingerprint density at radius 2 is 2.21 bits per heavy atom. The Balaban J connectivity index is 1.85. The number of hydrogen-bond acceptors (Lipinski definition) is 3. The predicted octanol–water partition coefficient (Wildman–Crippen LogP) is 3.76. The van der Waals surface area contributed by atoms with E-state index in [4.69, 9.17) is 0 Å². The van der Waals surface area contributed by atoms with Gasteiger partial charge < -0.3 is 5.32 Å². The van der Waals surface area contributed by atoms with Crippen LogP contribution in [0.25, 0.3) is 4.96 Å². The number of nitrogens with zero attached hydrogens (tertiary/aromatic N) is 2. The predicted molar refractivity (Wildman–Crippen MR) is 76.3 cm³/mol. The average Bonchev–Trinajstić information content (AvgIpc) is 2.90. The Morgan fingerprint density at radius 3 is 3.00 bits per heavy atom. The van der Waals surface area contributed by atoms with Crippen LogP contribution in [0.5, 0.6) is 0 Å². The first-order chi connectivity index (χ1) is 9.15. The van der Waals surface area contributed by atoms with Crippen molar-refractivity contribution in [1.29, 1.82) is 0 Å². The van der Waals surface area contributed by atoms with Crippen molar-refractivity contribution < 1.29 is 4.39 Å². The minimum Gasteiger partial charge on any atom is -0.377 e. The second-order valence-corrected chi connectivity index (χ2v) is 5.41. The third kappa shape index (κ3) is 2.21. The molecule has 0 radical (unpaired) electrons. The molecule has 3 rings (SSSR count). The van der Waals surface area contributed by atoms with Gasteiger partial charge in [-0.3, -0.25) is 4.40 Å². The van der Waals surface area contributed by atoms with Gasteiger partial charge in [-0.15, -0.1) is 11.3 Å². The molecule has 19 heavy (non-hydrogen) atoms. The first kappa shape index (κ1) is 12.2. The van der Waals surface area contributed by atoms with Gasteiger partial charge in [-0.2, -0.15) is 0 Å². The van der Waals surface area contributed by atoms with Crippen LogP contribution in [0.4, 0.5) is 10.1 Å². The van der Waals surface area contributed by atoms with E-state index in [9.17, 15) is 4.39 Å². The molecule has 2 aromatic heterocycles. The van der Waals surface area contributed by atoms with Gasteiger partial charge in [0.15, 0.2) is 4.96 Å². The van der Waals surface area contributed by atoms with Gasteiger partial charge in [0.25, 0.3) is 0 Å². The van der Waals surface area contributed by atoms with Crippen LogP contribution in [0.2, 0.25) is 0 Å². The monoisotopic (exact) mass is 275 g/mol. The average molecular weight is 275 g/mol. The summed E-state index contributed by atoms with van der Waals surface area (Å²) in [7, 11) is 0. The molecule has 0 aliphatic rings. The van der Waals surface area contributed by atoms with E-state index in [0.29, 0.717) is 12.2 Å². The summed E-state index contributed by atoms with van der Waals surface area (Å²) in [6.07, 6.45) is 1.99. The molecule has 0 saturated heterocycles. The summed E-state index contributed by atoms with van der Waals surface area (Å²) < 4.78 is 15.8. The van der Waals surface area contributed by atoms with Crippen LogP contribution >= 0.6 is 11.3 Å². The van der Waals surface area contributed by atoms with Crippen molar-refractivity contribution >= 4 is 22.0 Å². The molecule has 0 aliphatic carbocycles. The maximum atomic E-state index is 13.8. The van der Waals surface area contributed by atoms with Gasteiger partial charge >= 0.3 is 0 Å². The number of nitrogens with one attached hydrogen (secondary N) is 1. The molecule has 3 aromatic rings. The van der Waals surface area contributed by atoms with Crippen molar-refractivity contribution in [2.75, 3.05) is 5.32 Å². The number of aromatic nitrogens is 2. The zero-order valence-electron chi connectivity index (χ0n) is 10.8. The summed E-state index contributed by atoms with van der Waals surface area (Å²) in [5.74, 6) is -0.219. The van der Waals surface area contributed by atoms with Crippen molar-refractivity contribution in [3.8, 4) is 0 Å². The molecule has 2 heterocycles. The van der Waals surface area contributed by atoms with Crippen molar-refractivity contribution in [2.24, 2.45) is 0 Å². The third-order valence-corrected chi connectivity index (χ3v) is 3.89. The third-order valence-electron chi connectivity index (χ3n) is 3.13. The van der Waals surface area contributed by atoms with Crippen LogP contribution in [-0.4, -0.2) is 9.38 Å². The smallest absolute Gasteiger partial charge is 0.194 e. The zero-order chi connectivity index (χ0) is 13.4. The normalized spacial score (nSPS) is 11.1. The molecule has 0 fully saturated rings. The van der Waals surface area contributed by atoms with E-state index in [1.807, 2.05) is 35.9 Å². The molecular weight excluding hydrogens is 261 g/mol. The lowest BCUT2D eigenvalue weighted by Gasteiger charge is -2.08. The molecule has 5 heteroatoms. The first-order valence-corrected chi connectivity index (χ1v) is 6.94. The highest BCUT2D eigenvalue weighted by Gasteiger charge is 2.10. The van der Waals surface area contributed by atoms with E-state index in [1.54, 1.807) is 17.4 Å². The van der Waals surface area contributed by atoms with Crippen molar-refractivity contribution in [2.45, 2.75) is 20.4 Å². The van der Waals surface area contributed by atoms with Crippen LogP contribution < -0.4 is 5.32 Å². The Labute approximate surface area is 114 Å². The van der Waals surface area contributed by atoms with E-state index in [0.717, 1.165) is 21.9 Å². The zero-order valence-corrected chi connectivity index (χ0v) is 11.6. The molecule has 3 nitrogen and oxygen atoms in total. The molecule has 0 atom stereocenters. The second-order valence-electron chi connectivity index (χ2n) is 4.54. The molecule has 1 N–H and O–H groups in total. The van der Waals surface area contributed by atoms with Gasteiger partial charge in [-0.05, 0) is 31.5 Å². The number of benzene rings is 1. The van der Waals surface area contributed by atoms with Gasteiger partial charge in [0.1, 0.15) is 5.82 Å². The molecule has 0 bridgehead atoms. The van der Waals surface area contributed by atoms with Crippen LogP contribution in [0.1, 0.15) is 17.0 Å². The molecule has 0 saturated carbocycles. The van der Waals surface area contributed by atoms with Crippen molar-refractivity contribution in [3.05, 3.63) is 52.5 Å². The second kappa shape index (κ2) is 4.66. The minimum atomic E-state index is -0.219. The Hall–Kier alpha value is -1.88. The van der Waals surface area contributed by atoms with Crippen LogP contribution in [0.15, 0.2) is 29.8 Å². The number of thiazole rings is 1. The first-order valence-electron chi connectivity index (χ1n) is 6.06. The van der Waals surface area contributed by atoms with Gasteiger partial charge in [-0.1, -0.05) is 6.07 Å². The summed E-state index contributed by atoms with van der Waals surface area (Å²) in [4.78, 5) is 5.44. The minimum absolute atomic E-state index is 0.219. The highest BCUT2D eigenvalue weighted by Crippen LogP contribution is 2.20. The summed E-state index contributed by atoms with van der Waals surface area (Å²) in [6, 6.07) is 5.20. The fourth-order valence-electron chi connectivity index (χ4n) is 2.10. The number of hydrogen-bond donors (Lipinski definition) is 1. The molecule has 0 unspecified atom stereocenters. The highest BCUT2D eigenvalue weighted by atomic mass is 32.1. The Kier molecular flexibility index (Phi) is 2.98. The number of halogens is 1. The largest absolute Gasteiger partial charge is 0.377 e. The molecular formula is C14H14FN3S. The summed E-state index contributed by atoms with van der Waals surface area (Å²) in [6.45, 7) is 4.41. The molecule has 98 valence electrons. The van der Waals surface area contributed by atoms with Crippen LogP contribution in [-0.2, 0) is 6.54 Å². The quantitative estimate of drug-likeness (QED) is 0.788. The van der Waals surface area contributed by atoms with Gasteiger partial charge in [0.2, 0.25) is 0 Å². The molecule has 1 aromatic carbocycles. The summed E-state index contributed by atoms with van der Waals surface area (Å²) in [5, 5.41) is 5.13. The number of anilines is 1. The molecule has 0 spiro atoms.